The van der Waals surface area contributed by atoms with Crippen LogP contribution in [0.3, 0.4) is 0 Å². The maximum atomic E-state index is 12.4. The second-order valence-electron chi connectivity index (χ2n) is 5.46. The number of imidazole rings is 1. The van der Waals surface area contributed by atoms with E-state index in [2.05, 4.69) is 12.6 Å². The summed E-state index contributed by atoms with van der Waals surface area (Å²) in [6.45, 7) is 4.32. The number of nitrogens with zero attached hydrogens (tertiary/aromatic N) is 3. The molecule has 0 bridgehead atoms. The summed E-state index contributed by atoms with van der Waals surface area (Å²) in [6.07, 6.45) is 6.14. The lowest BCUT2D eigenvalue weighted by Crippen LogP contribution is -2.22. The van der Waals surface area contributed by atoms with E-state index in [1.807, 2.05) is 36.4 Å². The molecule has 4 heteroatoms. The standard InChI is InChI=1S/C20H17N3O/c1-2-3-12-22-13-14-23(20(22)24)19-10-8-18(9-11-19)17-6-4-16(15-21)5-7-17/h2,4-11,13-14H,1,3,12H2. The van der Waals surface area contributed by atoms with Crippen LogP contribution in [0.4, 0.5) is 0 Å². The van der Waals surface area contributed by atoms with Crippen molar-refractivity contribution in [2.45, 2.75) is 13.0 Å². The topological polar surface area (TPSA) is 50.7 Å². The van der Waals surface area contributed by atoms with Gasteiger partial charge < -0.3 is 0 Å². The highest BCUT2D eigenvalue weighted by atomic mass is 16.1. The Morgan fingerprint density at radius 2 is 1.62 bits per heavy atom. The Morgan fingerprint density at radius 1 is 1.00 bits per heavy atom. The molecule has 118 valence electrons. The third-order valence-electron chi connectivity index (χ3n) is 3.91. The molecule has 0 aliphatic heterocycles. The first-order valence-electron chi connectivity index (χ1n) is 7.72. The number of allylic oxidation sites excluding steroid dienone is 1. The van der Waals surface area contributed by atoms with Crippen molar-refractivity contribution in [1.29, 1.82) is 5.26 Å². The first kappa shape index (κ1) is 15.6. The minimum atomic E-state index is -0.0528. The van der Waals surface area contributed by atoms with Crippen LogP contribution in [-0.2, 0) is 6.54 Å². The van der Waals surface area contributed by atoms with Crippen LogP contribution in [0.15, 0.2) is 78.4 Å². The Labute approximate surface area is 140 Å². The Hall–Kier alpha value is -3.32. The summed E-state index contributed by atoms with van der Waals surface area (Å²) >= 11 is 0. The fraction of sp³-hybridized carbons (Fsp3) is 0.100. The van der Waals surface area contributed by atoms with Crippen LogP contribution < -0.4 is 5.69 Å². The fourth-order valence-electron chi connectivity index (χ4n) is 2.56. The zero-order valence-electron chi connectivity index (χ0n) is 13.2. The predicted molar refractivity (Wildman–Crippen MR) is 95.0 cm³/mol. The van der Waals surface area contributed by atoms with E-state index in [0.29, 0.717) is 12.1 Å². The van der Waals surface area contributed by atoms with Crippen LogP contribution in [0.1, 0.15) is 12.0 Å². The Morgan fingerprint density at radius 3 is 2.21 bits per heavy atom. The highest BCUT2D eigenvalue weighted by molar-refractivity contribution is 5.65. The number of hydrogen-bond acceptors (Lipinski definition) is 2. The number of aryl methyl sites for hydroxylation is 1. The molecule has 3 aromatic rings. The van der Waals surface area contributed by atoms with Gasteiger partial charge in [0.15, 0.2) is 0 Å². The molecule has 24 heavy (non-hydrogen) atoms. The van der Waals surface area contributed by atoms with Crippen LogP contribution in [0.2, 0.25) is 0 Å². The maximum absolute atomic E-state index is 12.4. The van der Waals surface area contributed by atoms with Gasteiger partial charge in [-0.25, -0.2) is 4.79 Å². The van der Waals surface area contributed by atoms with Gasteiger partial charge in [-0.05, 0) is 41.8 Å². The summed E-state index contributed by atoms with van der Waals surface area (Å²) in [5.41, 5.74) is 3.50. The molecular formula is C20H17N3O. The normalized spacial score (nSPS) is 10.3. The summed E-state index contributed by atoms with van der Waals surface area (Å²) in [7, 11) is 0. The van der Waals surface area contributed by atoms with Gasteiger partial charge in [-0.15, -0.1) is 6.58 Å². The summed E-state index contributed by atoms with van der Waals surface area (Å²) in [5.74, 6) is 0. The second-order valence-corrected chi connectivity index (χ2v) is 5.46. The highest BCUT2D eigenvalue weighted by Gasteiger charge is 2.05. The molecule has 0 saturated carbocycles. The largest absolute Gasteiger partial charge is 0.332 e. The lowest BCUT2D eigenvalue weighted by Gasteiger charge is -2.05. The minimum Gasteiger partial charge on any atom is -0.299 e. The van der Waals surface area contributed by atoms with Crippen molar-refractivity contribution in [1.82, 2.24) is 9.13 Å². The van der Waals surface area contributed by atoms with Gasteiger partial charge in [0, 0.05) is 18.9 Å². The van der Waals surface area contributed by atoms with E-state index in [9.17, 15) is 4.79 Å². The molecule has 1 aromatic heterocycles. The Bertz CT molecular complexity index is 938. The average molecular weight is 315 g/mol. The van der Waals surface area contributed by atoms with Crippen LogP contribution in [0.25, 0.3) is 16.8 Å². The summed E-state index contributed by atoms with van der Waals surface area (Å²) in [4.78, 5) is 12.4. The maximum Gasteiger partial charge on any atom is 0.332 e. The van der Waals surface area contributed by atoms with Crippen molar-refractivity contribution in [3.05, 3.63) is 89.6 Å². The zero-order chi connectivity index (χ0) is 16.9. The number of nitriles is 1. The van der Waals surface area contributed by atoms with Crippen LogP contribution in [0, 0.1) is 11.3 Å². The molecule has 0 amide bonds. The molecule has 0 unspecified atom stereocenters. The van der Waals surface area contributed by atoms with Gasteiger partial charge in [-0.3, -0.25) is 9.13 Å². The average Bonchev–Trinajstić information content (AvgIpc) is 3.01. The van der Waals surface area contributed by atoms with Crippen LogP contribution in [0.5, 0.6) is 0 Å². The molecule has 0 atom stereocenters. The molecule has 4 nitrogen and oxygen atoms in total. The first-order chi connectivity index (χ1) is 11.7. The lowest BCUT2D eigenvalue weighted by molar-refractivity contribution is 0.673. The Kier molecular flexibility index (Phi) is 4.44. The SMILES string of the molecule is C=CCCn1ccn(-c2ccc(-c3ccc(C#N)cc3)cc2)c1=O. The summed E-state index contributed by atoms with van der Waals surface area (Å²) in [6, 6.07) is 17.4. The van der Waals surface area contributed by atoms with Crippen LogP contribution >= 0.6 is 0 Å². The molecule has 0 spiro atoms. The van der Waals surface area contributed by atoms with E-state index in [1.54, 1.807) is 39.7 Å². The minimum absolute atomic E-state index is 0.0528. The number of benzene rings is 2. The molecule has 0 saturated heterocycles. The third-order valence-corrected chi connectivity index (χ3v) is 3.91. The van der Waals surface area contributed by atoms with Crippen molar-refractivity contribution in [3.63, 3.8) is 0 Å². The van der Waals surface area contributed by atoms with E-state index in [-0.39, 0.29) is 5.69 Å². The molecule has 0 fully saturated rings. The van der Waals surface area contributed by atoms with E-state index in [1.165, 1.54) is 0 Å². The second kappa shape index (κ2) is 6.84. The van der Waals surface area contributed by atoms with Gasteiger partial charge in [-0.2, -0.15) is 5.26 Å². The quantitative estimate of drug-likeness (QED) is 0.673. The van der Waals surface area contributed by atoms with E-state index >= 15 is 0 Å². The molecular weight excluding hydrogens is 298 g/mol. The molecule has 2 aromatic carbocycles. The monoisotopic (exact) mass is 315 g/mol. The van der Waals surface area contributed by atoms with Crippen molar-refractivity contribution < 1.29 is 0 Å². The van der Waals surface area contributed by atoms with Gasteiger partial charge >= 0.3 is 5.69 Å². The Balaban J connectivity index is 1.87. The summed E-state index contributed by atoms with van der Waals surface area (Å²) in [5, 5.41) is 8.85. The molecule has 0 N–H and O–H groups in total. The molecule has 0 aliphatic carbocycles. The summed E-state index contributed by atoms with van der Waals surface area (Å²) < 4.78 is 3.31. The van der Waals surface area contributed by atoms with E-state index in [0.717, 1.165) is 23.2 Å². The highest BCUT2D eigenvalue weighted by Crippen LogP contribution is 2.21. The van der Waals surface area contributed by atoms with Crippen molar-refractivity contribution in [2.75, 3.05) is 0 Å². The molecule has 1 heterocycles. The van der Waals surface area contributed by atoms with Crippen LogP contribution in [-0.4, -0.2) is 9.13 Å². The predicted octanol–water partition coefficient (Wildman–Crippen LogP) is 3.75. The van der Waals surface area contributed by atoms with Crippen molar-refractivity contribution >= 4 is 0 Å². The van der Waals surface area contributed by atoms with Gasteiger partial charge in [0.1, 0.15) is 0 Å². The van der Waals surface area contributed by atoms with Crippen molar-refractivity contribution in [3.8, 4) is 22.9 Å². The number of rotatable bonds is 5. The molecule has 0 radical (unpaired) electrons. The zero-order valence-corrected chi connectivity index (χ0v) is 13.2. The van der Waals surface area contributed by atoms with Gasteiger partial charge in [-0.1, -0.05) is 30.3 Å². The van der Waals surface area contributed by atoms with Gasteiger partial charge in [0.05, 0.1) is 17.3 Å². The number of aromatic nitrogens is 2. The van der Waals surface area contributed by atoms with Gasteiger partial charge in [0.2, 0.25) is 0 Å². The smallest absolute Gasteiger partial charge is 0.299 e. The number of hydrogen-bond donors (Lipinski definition) is 0. The molecule has 0 aliphatic rings. The first-order valence-corrected chi connectivity index (χ1v) is 7.72. The van der Waals surface area contributed by atoms with Gasteiger partial charge in [0.25, 0.3) is 0 Å². The lowest BCUT2D eigenvalue weighted by atomic mass is 10.0. The fourth-order valence-corrected chi connectivity index (χ4v) is 2.56. The molecule has 3 rings (SSSR count). The third kappa shape index (κ3) is 3.06. The van der Waals surface area contributed by atoms with Crippen molar-refractivity contribution in [2.24, 2.45) is 0 Å². The van der Waals surface area contributed by atoms with E-state index < -0.39 is 0 Å². The van der Waals surface area contributed by atoms with E-state index in [4.69, 9.17) is 5.26 Å².